The van der Waals surface area contributed by atoms with Crippen molar-refractivity contribution in [3.63, 3.8) is 0 Å². The number of hydrogen-bond donors (Lipinski definition) is 14. The van der Waals surface area contributed by atoms with Crippen LogP contribution in [-0.4, -0.2) is 276 Å². The molecule has 15 rings (SSSR count). The number of unbranched alkanes of at least 4 members (excludes halogenated alkanes) is 6. The molecule has 37 heteroatoms. The summed E-state index contributed by atoms with van der Waals surface area (Å²) in [7, 11) is 1.60. The standard InChI is InChI=1S/C36H52FN5O8S.C32H42FN3O7.C22H29FO5.C11H16N2O3/c1-20-14-24-23-10-9-21-15-22(11-12-33(21,2)35(23,37)27(44)17-34(24,3)36(20,50)28(45)18-43)40-41-29(46)8-6-5-7-13-42-30(47)16-26(32(42)49)51-19-25(39-4)31(38)48;1-19-15-23-22-9-8-20-16-21(34-35-26(40)7-5-4-6-14-36-27(41)10-11-28(36)42)12-13-29(20,2)31(22,33)24(38)17-30(23,3)32(19,43)25(39)18-37;1-12-8-16-15-5-4-13-9-14(25)6-7-19(13,2)21(15,23)17(26)10-20(16,3)22(12,28)18(27)11-24;12-8-9(14)4-2-1-3-7-13-10(15)5-6-11(13)16/h11-12,15,20,23-27,39,43-44,50H,5-10,13-14,16-19H2,1-4H3,(H2,38,48)(H,41,46);10-13,16,19,22-24,37-38,43H,4-9,14-15,17-18H2,1-3H3,(H,35,40);6-7,9,12,15-17,24,26,28H,4-5,8,10-11H2,1-3H3;5-6H,1-4,7-8,12H2/t20-,23+,24+,25+,26?,27+,33+,34+,35+,36+;19-,22+,23+,24+,29+,30+,31+,32+;12-,15+,16+,17+,19+,20+,21+,22+;/m111./s1. The lowest BCUT2D eigenvalue weighted by Gasteiger charge is -2.62. The van der Waals surface area contributed by atoms with Crippen molar-refractivity contribution in [1.82, 2.24) is 30.9 Å². The molecule has 758 valence electrons. The SMILES string of the molecule is CN[C@@H](CSC1CC(=O)N(CCCCCC(=O)NN=C2C=C[C@@]3(C)C(=C2)CC[C@H]2[C@@H]4C[C@@H](C)[C@](O)(C(=O)CO)[C@@]4(C)C[C@H](O)[C@@]23F)C1=O)C(N)=O.C[C@@H]1C[C@H]2[C@@H]3CCC4=CC(=NNC(=O)CCCCCN5C(=O)C=CC5=O)C=C[C@]4(C)[C@@]3(F)[C@@H](O)C[C@]2(C)[C@@]1(O)C(=O)CO.C[C@@H]1C[C@H]2[C@@H]3CCC4=CC(=O)C=C[C@]4(C)[C@@]3(F)[C@@H](O)C[C@]2(C)[C@@]1(O)C(=O)CO.NCC(=O)CCCCCN1C(=O)C=CC1=O. The molecule has 3 heterocycles. The summed E-state index contributed by atoms with van der Waals surface area (Å²) in [6.07, 6.45) is 26.0. The van der Waals surface area contributed by atoms with Crippen molar-refractivity contribution in [2.75, 3.05) is 58.8 Å². The number of likely N-dealkylation sites (N-methyl/N-ethyl adjacent to an activating group) is 1. The van der Waals surface area contributed by atoms with Crippen molar-refractivity contribution >= 4 is 105 Å². The second-order valence-electron chi connectivity index (χ2n) is 42.2. The number of nitrogens with two attached hydrogens (primary N) is 2. The highest BCUT2D eigenvalue weighted by Crippen LogP contribution is 2.75. The molecule has 0 aromatic carbocycles. The summed E-state index contributed by atoms with van der Waals surface area (Å²) in [5.74, 6) is -8.87. The summed E-state index contributed by atoms with van der Waals surface area (Å²) < 4.78 is 51.9. The van der Waals surface area contributed by atoms with Gasteiger partial charge in [-0.3, -0.25) is 81.8 Å². The summed E-state index contributed by atoms with van der Waals surface area (Å²) in [5, 5.41) is 108. The molecule has 12 aliphatic carbocycles. The Morgan fingerprint density at radius 2 is 0.812 bits per heavy atom. The molecule has 3 aliphatic heterocycles. The van der Waals surface area contributed by atoms with Gasteiger partial charge in [-0.1, -0.05) is 95.8 Å². The number of allylic oxidation sites excluding steroid dienone is 12. The minimum atomic E-state index is -2.07. The Kier molecular flexibility index (Phi) is 32.5. The second kappa shape index (κ2) is 41.6. The highest BCUT2D eigenvalue weighted by molar-refractivity contribution is 8.00. The Hall–Kier alpha value is -8.86. The molecule has 0 radical (unpaired) electrons. The topological polar surface area (TPSA) is 544 Å². The first-order chi connectivity index (χ1) is 64.8. The summed E-state index contributed by atoms with van der Waals surface area (Å²) >= 11 is 1.24. The van der Waals surface area contributed by atoms with E-state index in [4.69, 9.17) is 11.5 Å². The van der Waals surface area contributed by atoms with Crippen LogP contribution in [0.2, 0.25) is 0 Å². The fourth-order valence-electron chi connectivity index (χ4n) is 27.5. The number of hydrogen-bond acceptors (Lipinski definition) is 28. The molecule has 1 saturated heterocycles. The zero-order valence-corrected chi connectivity index (χ0v) is 81.4. The van der Waals surface area contributed by atoms with Crippen LogP contribution in [0.25, 0.3) is 0 Å². The van der Waals surface area contributed by atoms with Gasteiger partial charge in [0.1, 0.15) is 42.4 Å². The minimum Gasteiger partial charge on any atom is -0.390 e. The number of primary amides is 1. The van der Waals surface area contributed by atoms with Gasteiger partial charge >= 0.3 is 0 Å². The fraction of sp³-hybridized carbons (Fsp3) is 0.683. The number of imide groups is 3. The van der Waals surface area contributed by atoms with Gasteiger partial charge in [-0.25, -0.2) is 24.0 Å². The third-order valence-electron chi connectivity index (χ3n) is 35.3. The molecule has 1 unspecified atom stereocenters. The number of halogens is 3. The number of nitrogens with one attached hydrogen (secondary N) is 3. The number of carbonyl (C=O) groups is 14. The third kappa shape index (κ3) is 18.3. The van der Waals surface area contributed by atoms with E-state index in [0.717, 1.165) is 30.4 Å². The monoisotopic (exact) mass is 1950 g/mol. The number of Topliss-reactive ketones (excluding diaryl/α,β-unsaturated/α-hetero) is 4. The molecule has 16 N–H and O–H groups in total. The first kappa shape index (κ1) is 108. The lowest BCUT2D eigenvalue weighted by Crippen LogP contribution is -2.69. The number of rotatable bonds is 32. The van der Waals surface area contributed by atoms with E-state index in [1.165, 1.54) is 62.9 Å². The van der Waals surface area contributed by atoms with Crippen molar-refractivity contribution in [2.45, 2.75) is 286 Å². The summed E-state index contributed by atoms with van der Waals surface area (Å²) in [6.45, 7) is 14.5. The number of aliphatic hydroxyl groups excluding tert-OH is 6. The van der Waals surface area contributed by atoms with Crippen molar-refractivity contribution in [2.24, 2.45) is 107 Å². The van der Waals surface area contributed by atoms with E-state index in [1.54, 1.807) is 112 Å². The van der Waals surface area contributed by atoms with Crippen LogP contribution in [-0.2, 0) is 67.1 Å². The average Bonchev–Trinajstić information content (AvgIpc) is 1.53. The van der Waals surface area contributed by atoms with Crippen LogP contribution in [0, 0.1) is 85.8 Å². The lowest BCUT2D eigenvalue weighted by molar-refractivity contribution is -0.219. The molecule has 10 fully saturated rings. The first-order valence-corrected chi connectivity index (χ1v) is 49.8. The Morgan fingerprint density at radius 3 is 1.14 bits per heavy atom. The van der Waals surface area contributed by atoms with E-state index in [1.807, 2.05) is 0 Å². The van der Waals surface area contributed by atoms with Gasteiger partial charge in [-0.05, 0) is 215 Å². The fourth-order valence-corrected chi connectivity index (χ4v) is 28.8. The molecule has 0 bridgehead atoms. The van der Waals surface area contributed by atoms with Gasteiger partial charge in [-0.2, -0.15) is 10.2 Å². The van der Waals surface area contributed by atoms with Gasteiger partial charge in [0, 0.05) is 126 Å². The molecule has 15 aliphatic rings. The Morgan fingerprint density at radius 1 is 0.478 bits per heavy atom. The number of fused-ring (bicyclic) bond motifs is 15. The van der Waals surface area contributed by atoms with Crippen molar-refractivity contribution in [3.05, 3.63) is 95.7 Å². The van der Waals surface area contributed by atoms with Crippen molar-refractivity contribution in [3.8, 4) is 0 Å². The summed E-state index contributed by atoms with van der Waals surface area (Å²) in [6, 6.07) is -0.590. The largest absolute Gasteiger partial charge is 0.390 e. The van der Waals surface area contributed by atoms with E-state index >= 15 is 13.2 Å². The minimum absolute atomic E-state index is 0.0509. The number of thioether (sulfide) groups is 1. The number of ketones is 5. The molecule has 0 aromatic heterocycles. The first-order valence-electron chi connectivity index (χ1n) is 48.7. The molecular formula is C101H139F3N10O23S. The molecule has 9 saturated carbocycles. The van der Waals surface area contributed by atoms with Crippen molar-refractivity contribution < 1.29 is 126 Å². The predicted octanol–water partition coefficient (Wildman–Crippen LogP) is 5.47. The number of aliphatic hydroxyl groups is 9. The van der Waals surface area contributed by atoms with E-state index in [-0.39, 0.29) is 134 Å². The van der Waals surface area contributed by atoms with Gasteiger partial charge in [0.25, 0.3) is 23.6 Å². The molecule has 33 nitrogen and oxygen atoms in total. The summed E-state index contributed by atoms with van der Waals surface area (Å²) in [5.41, 5.74) is 0.586. The quantitative estimate of drug-likeness (QED) is 0.0225. The van der Waals surface area contributed by atoms with Crippen LogP contribution < -0.4 is 27.6 Å². The molecule has 138 heavy (non-hydrogen) atoms. The van der Waals surface area contributed by atoms with Crippen LogP contribution in [0.15, 0.2) is 106 Å². The van der Waals surface area contributed by atoms with Crippen molar-refractivity contribution in [1.29, 1.82) is 0 Å². The highest BCUT2D eigenvalue weighted by Gasteiger charge is 2.79. The predicted molar refractivity (Wildman–Crippen MR) is 502 cm³/mol. The van der Waals surface area contributed by atoms with E-state index in [0.29, 0.717) is 133 Å². The Balaban J connectivity index is 0.000000176. The lowest BCUT2D eigenvalue weighted by atomic mass is 9.44. The normalized spacial score (nSPS) is 39.4. The van der Waals surface area contributed by atoms with E-state index in [9.17, 15) is 113 Å². The van der Waals surface area contributed by atoms with Gasteiger partial charge in [0.15, 0.2) is 40.1 Å². The summed E-state index contributed by atoms with van der Waals surface area (Å²) in [4.78, 5) is 172. The zero-order chi connectivity index (χ0) is 102. The van der Waals surface area contributed by atoms with Gasteiger partial charge in [0.05, 0.1) is 47.6 Å². The molecule has 0 spiro atoms. The number of carbonyl (C=O) groups excluding carboxylic acids is 14. The number of hydrazone groups is 2. The van der Waals surface area contributed by atoms with Crippen LogP contribution in [0.5, 0.6) is 0 Å². The number of amides is 9. The Labute approximate surface area is 806 Å². The smallest absolute Gasteiger partial charge is 0.253 e. The van der Waals surface area contributed by atoms with E-state index < -0.39 is 174 Å². The number of alkyl halides is 3. The Bertz CT molecular complexity index is 5140. The number of nitrogens with zero attached hydrogens (tertiary/aromatic N) is 5. The number of likely N-dealkylation sites (tertiary alicyclic amines) is 1. The van der Waals surface area contributed by atoms with Crippen LogP contribution in [0.3, 0.4) is 0 Å². The van der Waals surface area contributed by atoms with Crippen LogP contribution in [0.4, 0.5) is 13.2 Å². The average molecular weight is 1950 g/mol. The zero-order valence-electron chi connectivity index (χ0n) is 80.6. The molecule has 0 aromatic rings. The molecule has 9 amide bonds. The van der Waals surface area contributed by atoms with Gasteiger partial charge in [-0.15, -0.1) is 11.8 Å². The van der Waals surface area contributed by atoms with Crippen LogP contribution in [0.1, 0.15) is 223 Å². The third-order valence-corrected chi connectivity index (χ3v) is 36.6. The maximum Gasteiger partial charge on any atom is 0.253 e. The van der Waals surface area contributed by atoms with Gasteiger partial charge < -0.3 is 62.7 Å². The molecular weight excluding hydrogens is 1810 g/mol. The van der Waals surface area contributed by atoms with E-state index in [2.05, 4.69) is 26.4 Å². The highest BCUT2D eigenvalue weighted by atomic mass is 32.2. The maximum absolute atomic E-state index is 17.6. The van der Waals surface area contributed by atoms with Crippen LogP contribution >= 0.6 is 11.8 Å². The second-order valence-corrected chi connectivity index (χ2v) is 43.5. The van der Waals surface area contributed by atoms with Gasteiger partial charge in [0.2, 0.25) is 29.5 Å². The molecule has 26 atom stereocenters. The maximum atomic E-state index is 17.6.